The average molecular weight is 177 g/mol. The van der Waals surface area contributed by atoms with Crippen LogP contribution in [0.2, 0.25) is 0 Å². The van der Waals surface area contributed by atoms with Crippen LogP contribution in [0.3, 0.4) is 0 Å². The number of oxazole rings is 1. The van der Waals surface area contributed by atoms with Crippen molar-refractivity contribution < 1.29 is 4.42 Å². The molecule has 0 saturated heterocycles. The van der Waals surface area contributed by atoms with Crippen LogP contribution < -0.4 is 5.73 Å². The predicted octanol–water partition coefficient (Wildman–Crippen LogP) is 1.42. The molecular formula is C9H11N3O. The van der Waals surface area contributed by atoms with Crippen LogP contribution in [0.1, 0.15) is 19.7 Å². The van der Waals surface area contributed by atoms with E-state index in [9.17, 15) is 0 Å². The highest BCUT2D eigenvalue weighted by Gasteiger charge is 2.21. The molecular weight excluding hydrogens is 166 g/mol. The Balaban J connectivity index is 2.63. The molecule has 4 heteroatoms. The average Bonchev–Trinajstić information content (AvgIpc) is 2.45. The molecule has 0 unspecified atom stereocenters. The Hall–Kier alpha value is -1.42. The number of hydrogen-bond donors (Lipinski definition) is 1. The molecule has 2 aromatic heterocycles. The molecule has 0 aliphatic heterocycles. The van der Waals surface area contributed by atoms with Crippen molar-refractivity contribution in [1.29, 1.82) is 0 Å². The minimum Gasteiger partial charge on any atom is -0.437 e. The molecule has 68 valence electrons. The second kappa shape index (κ2) is 2.53. The zero-order valence-electron chi connectivity index (χ0n) is 7.61. The summed E-state index contributed by atoms with van der Waals surface area (Å²) in [6, 6.07) is 3.63. The molecule has 0 saturated carbocycles. The molecule has 0 aliphatic rings. The van der Waals surface area contributed by atoms with Gasteiger partial charge in [-0.3, -0.25) is 0 Å². The zero-order valence-corrected chi connectivity index (χ0v) is 7.61. The van der Waals surface area contributed by atoms with E-state index in [1.54, 1.807) is 12.3 Å². The van der Waals surface area contributed by atoms with Crippen molar-refractivity contribution in [2.24, 2.45) is 5.73 Å². The monoisotopic (exact) mass is 177 g/mol. The molecule has 4 nitrogen and oxygen atoms in total. The first-order valence-corrected chi connectivity index (χ1v) is 4.08. The van der Waals surface area contributed by atoms with Crippen molar-refractivity contribution in [1.82, 2.24) is 9.97 Å². The van der Waals surface area contributed by atoms with E-state index in [0.29, 0.717) is 17.1 Å². The largest absolute Gasteiger partial charge is 0.437 e. The Bertz CT molecular complexity index is 395. The molecule has 13 heavy (non-hydrogen) atoms. The fraction of sp³-hybridized carbons (Fsp3) is 0.333. The van der Waals surface area contributed by atoms with Crippen molar-refractivity contribution in [2.45, 2.75) is 19.4 Å². The van der Waals surface area contributed by atoms with Gasteiger partial charge in [0.05, 0.1) is 5.54 Å². The fourth-order valence-corrected chi connectivity index (χ4v) is 1.04. The summed E-state index contributed by atoms with van der Waals surface area (Å²) in [4.78, 5) is 8.24. The van der Waals surface area contributed by atoms with Crippen LogP contribution in [0, 0.1) is 0 Å². The van der Waals surface area contributed by atoms with E-state index in [-0.39, 0.29) is 0 Å². The van der Waals surface area contributed by atoms with Gasteiger partial charge in [0.15, 0.2) is 11.2 Å². The number of nitrogens with zero attached hydrogens (tertiary/aromatic N) is 2. The summed E-state index contributed by atoms with van der Waals surface area (Å²) < 4.78 is 5.43. The molecule has 2 heterocycles. The van der Waals surface area contributed by atoms with Gasteiger partial charge in [0.1, 0.15) is 0 Å². The molecule has 0 atom stereocenters. The zero-order chi connectivity index (χ0) is 9.47. The van der Waals surface area contributed by atoms with Crippen molar-refractivity contribution in [3.8, 4) is 0 Å². The maximum Gasteiger partial charge on any atom is 0.216 e. The quantitative estimate of drug-likeness (QED) is 0.715. The summed E-state index contributed by atoms with van der Waals surface area (Å²) in [5, 5.41) is 0. The van der Waals surface area contributed by atoms with Gasteiger partial charge in [0.25, 0.3) is 0 Å². The Morgan fingerprint density at radius 1 is 1.46 bits per heavy atom. The highest BCUT2D eigenvalue weighted by molar-refractivity contribution is 5.67. The number of nitrogens with two attached hydrogens (primary N) is 1. The molecule has 0 amide bonds. The van der Waals surface area contributed by atoms with E-state index in [0.717, 1.165) is 0 Å². The molecule has 0 radical (unpaired) electrons. The maximum absolute atomic E-state index is 5.84. The van der Waals surface area contributed by atoms with Crippen molar-refractivity contribution >= 4 is 11.2 Å². The Kier molecular flexibility index (Phi) is 1.60. The number of aromatic nitrogens is 2. The van der Waals surface area contributed by atoms with Gasteiger partial charge in [-0.15, -0.1) is 0 Å². The topological polar surface area (TPSA) is 64.9 Å². The van der Waals surface area contributed by atoms with E-state index in [1.807, 2.05) is 19.9 Å². The number of pyridine rings is 1. The lowest BCUT2D eigenvalue weighted by molar-refractivity contribution is 0.394. The molecule has 0 fully saturated rings. The second-order valence-corrected chi connectivity index (χ2v) is 3.57. The van der Waals surface area contributed by atoms with Crippen molar-refractivity contribution in [3.63, 3.8) is 0 Å². The SMILES string of the molecule is CC(C)(N)c1nc2ncccc2o1. The Labute approximate surface area is 75.8 Å². The van der Waals surface area contributed by atoms with Gasteiger partial charge in [0.2, 0.25) is 5.89 Å². The van der Waals surface area contributed by atoms with Gasteiger partial charge in [-0.1, -0.05) is 0 Å². The molecule has 0 spiro atoms. The lowest BCUT2D eigenvalue weighted by Crippen LogP contribution is -2.28. The van der Waals surface area contributed by atoms with E-state index in [1.165, 1.54) is 0 Å². The fourth-order valence-electron chi connectivity index (χ4n) is 1.04. The Morgan fingerprint density at radius 3 is 2.85 bits per heavy atom. The molecule has 0 bridgehead atoms. The summed E-state index contributed by atoms with van der Waals surface area (Å²) >= 11 is 0. The number of rotatable bonds is 1. The second-order valence-electron chi connectivity index (χ2n) is 3.57. The Morgan fingerprint density at radius 2 is 2.23 bits per heavy atom. The number of fused-ring (bicyclic) bond motifs is 1. The lowest BCUT2D eigenvalue weighted by atomic mass is 10.1. The van der Waals surface area contributed by atoms with Crippen LogP contribution in [-0.4, -0.2) is 9.97 Å². The minimum atomic E-state index is -0.555. The molecule has 2 N–H and O–H groups in total. The third kappa shape index (κ3) is 1.40. The third-order valence-corrected chi connectivity index (χ3v) is 1.72. The first-order chi connectivity index (χ1) is 6.07. The van der Waals surface area contributed by atoms with Gasteiger partial charge in [-0.25, -0.2) is 4.98 Å². The van der Waals surface area contributed by atoms with Crippen LogP contribution in [0.25, 0.3) is 11.2 Å². The van der Waals surface area contributed by atoms with Crippen molar-refractivity contribution in [3.05, 3.63) is 24.2 Å². The first-order valence-electron chi connectivity index (χ1n) is 4.08. The van der Waals surface area contributed by atoms with Gasteiger partial charge < -0.3 is 10.2 Å². The first kappa shape index (κ1) is 8.19. The van der Waals surface area contributed by atoms with Crippen LogP contribution in [-0.2, 0) is 5.54 Å². The summed E-state index contributed by atoms with van der Waals surface area (Å²) in [6.45, 7) is 3.69. The van der Waals surface area contributed by atoms with Gasteiger partial charge >= 0.3 is 0 Å². The van der Waals surface area contributed by atoms with Crippen LogP contribution >= 0.6 is 0 Å². The van der Waals surface area contributed by atoms with E-state index in [4.69, 9.17) is 10.2 Å². The van der Waals surface area contributed by atoms with Crippen LogP contribution in [0.15, 0.2) is 22.7 Å². The predicted molar refractivity (Wildman–Crippen MR) is 49.0 cm³/mol. The lowest BCUT2D eigenvalue weighted by Gasteiger charge is -2.11. The van der Waals surface area contributed by atoms with Crippen molar-refractivity contribution in [2.75, 3.05) is 0 Å². The molecule has 2 aromatic rings. The highest BCUT2D eigenvalue weighted by Crippen LogP contribution is 2.20. The minimum absolute atomic E-state index is 0.515. The maximum atomic E-state index is 5.84. The summed E-state index contributed by atoms with van der Waals surface area (Å²) in [5.74, 6) is 0.515. The van der Waals surface area contributed by atoms with Gasteiger partial charge in [0, 0.05) is 6.20 Å². The summed E-state index contributed by atoms with van der Waals surface area (Å²) in [6.07, 6.45) is 1.68. The van der Waals surface area contributed by atoms with Crippen LogP contribution in [0.4, 0.5) is 0 Å². The molecule has 0 aromatic carbocycles. The van der Waals surface area contributed by atoms with Crippen LogP contribution in [0.5, 0.6) is 0 Å². The standard InChI is InChI=1S/C9H11N3O/c1-9(2,10)8-12-7-6(13-8)4-3-5-11-7/h3-5H,10H2,1-2H3. The summed E-state index contributed by atoms with van der Waals surface area (Å²) in [7, 11) is 0. The van der Waals surface area contributed by atoms with E-state index >= 15 is 0 Å². The molecule has 2 rings (SSSR count). The van der Waals surface area contributed by atoms with E-state index in [2.05, 4.69) is 9.97 Å². The number of hydrogen-bond acceptors (Lipinski definition) is 4. The molecule has 0 aliphatic carbocycles. The van der Waals surface area contributed by atoms with Gasteiger partial charge in [-0.2, -0.15) is 4.98 Å². The third-order valence-electron chi connectivity index (χ3n) is 1.72. The smallest absolute Gasteiger partial charge is 0.216 e. The normalized spacial score (nSPS) is 12.2. The van der Waals surface area contributed by atoms with Gasteiger partial charge in [-0.05, 0) is 26.0 Å². The van der Waals surface area contributed by atoms with E-state index < -0.39 is 5.54 Å². The summed E-state index contributed by atoms with van der Waals surface area (Å²) in [5.41, 5.74) is 6.57. The highest BCUT2D eigenvalue weighted by atomic mass is 16.4.